The van der Waals surface area contributed by atoms with Gasteiger partial charge in [-0.05, 0) is 92.5 Å². The van der Waals surface area contributed by atoms with Gasteiger partial charge in [0.15, 0.2) is 22.8 Å². The normalized spacial score (nSPS) is 31.0. The van der Waals surface area contributed by atoms with Crippen LogP contribution in [-0.2, 0) is 14.3 Å². The predicted octanol–water partition coefficient (Wildman–Crippen LogP) is 7.40. The van der Waals surface area contributed by atoms with Crippen LogP contribution in [0.15, 0.2) is 70.0 Å². The van der Waals surface area contributed by atoms with Gasteiger partial charge in [0.25, 0.3) is 5.22 Å². The van der Waals surface area contributed by atoms with E-state index in [-0.39, 0.29) is 34.3 Å². The first-order valence-electron chi connectivity index (χ1n) is 15.1. The fourth-order valence-electron chi connectivity index (χ4n) is 8.07. The van der Waals surface area contributed by atoms with Crippen LogP contribution in [0.4, 0.5) is 0 Å². The van der Waals surface area contributed by atoms with Crippen LogP contribution >= 0.6 is 11.8 Å². The molecule has 2 heterocycles. The number of nitrogens with zero attached hydrogens (tertiary/aromatic N) is 2. The SMILES string of the molecule is CCC1(C)C(C2CCC3=CC(=O)CCC3(C)C2)CC[C@]1(OC(=O)c1ccccn1)C(=O)CSc1nc2ccccc2o1. The lowest BCUT2D eigenvalue weighted by Crippen LogP contribution is -2.56. The summed E-state index contributed by atoms with van der Waals surface area (Å²) < 4.78 is 12.3. The summed E-state index contributed by atoms with van der Waals surface area (Å²) in [4.78, 5) is 48.9. The van der Waals surface area contributed by atoms with E-state index in [1.165, 1.54) is 17.3 Å². The van der Waals surface area contributed by atoms with Gasteiger partial charge in [-0.3, -0.25) is 9.59 Å². The monoisotopic (exact) mass is 586 g/mol. The number of hydrogen-bond acceptors (Lipinski definition) is 8. The van der Waals surface area contributed by atoms with E-state index in [1.807, 2.05) is 30.3 Å². The summed E-state index contributed by atoms with van der Waals surface area (Å²) in [7, 11) is 0. The van der Waals surface area contributed by atoms with Crippen molar-refractivity contribution in [2.45, 2.75) is 83.0 Å². The fraction of sp³-hybridized carbons (Fsp3) is 0.500. The summed E-state index contributed by atoms with van der Waals surface area (Å²) in [5.41, 5.74) is 1.05. The third kappa shape index (κ3) is 4.91. The number of ether oxygens (including phenoxy) is 1. The van der Waals surface area contributed by atoms with Crippen molar-refractivity contribution in [3.63, 3.8) is 0 Å². The number of esters is 1. The highest BCUT2D eigenvalue weighted by Crippen LogP contribution is 2.62. The number of allylic oxidation sites excluding steroid dienone is 2. The van der Waals surface area contributed by atoms with Gasteiger partial charge in [-0.15, -0.1) is 0 Å². The minimum absolute atomic E-state index is 0.00812. The second kappa shape index (κ2) is 11.1. The molecule has 0 aliphatic heterocycles. The van der Waals surface area contributed by atoms with Gasteiger partial charge in [-0.25, -0.2) is 14.8 Å². The van der Waals surface area contributed by atoms with Crippen molar-refractivity contribution in [2.75, 3.05) is 5.75 Å². The summed E-state index contributed by atoms with van der Waals surface area (Å²) in [5.74, 6) is 0.218. The molecule has 8 heteroatoms. The minimum atomic E-state index is -1.29. The molecule has 220 valence electrons. The number of aromatic nitrogens is 2. The fourth-order valence-corrected chi connectivity index (χ4v) is 8.87. The molecule has 2 saturated carbocycles. The van der Waals surface area contributed by atoms with Gasteiger partial charge in [0.1, 0.15) is 11.2 Å². The molecule has 0 saturated heterocycles. The first-order valence-corrected chi connectivity index (χ1v) is 16.1. The highest BCUT2D eigenvalue weighted by atomic mass is 32.2. The van der Waals surface area contributed by atoms with Crippen LogP contribution in [0.3, 0.4) is 0 Å². The molecule has 0 radical (unpaired) electrons. The second-order valence-electron chi connectivity index (χ2n) is 12.7. The van der Waals surface area contributed by atoms with Gasteiger partial charge in [0.2, 0.25) is 0 Å². The highest BCUT2D eigenvalue weighted by Gasteiger charge is 2.64. The van der Waals surface area contributed by atoms with Gasteiger partial charge in [0, 0.05) is 18.0 Å². The largest absolute Gasteiger partial charge is 0.446 e. The summed E-state index contributed by atoms with van der Waals surface area (Å²) in [6.07, 6.45) is 9.77. The lowest BCUT2D eigenvalue weighted by atomic mass is 9.56. The number of rotatable bonds is 8. The van der Waals surface area contributed by atoms with Gasteiger partial charge < -0.3 is 9.15 Å². The van der Waals surface area contributed by atoms with E-state index in [1.54, 1.807) is 24.4 Å². The quantitative estimate of drug-likeness (QED) is 0.199. The number of para-hydroxylation sites is 2. The molecule has 0 spiro atoms. The van der Waals surface area contributed by atoms with Crippen molar-refractivity contribution >= 4 is 40.4 Å². The van der Waals surface area contributed by atoms with Crippen LogP contribution in [0.5, 0.6) is 0 Å². The van der Waals surface area contributed by atoms with Crippen LogP contribution in [0.2, 0.25) is 0 Å². The van der Waals surface area contributed by atoms with E-state index in [0.717, 1.165) is 37.6 Å². The Labute approximate surface area is 250 Å². The number of Topliss-reactive ketones (excluding diaryl/α,β-unsaturated/α-hetero) is 1. The number of carbonyl (C=O) groups is 3. The lowest BCUT2D eigenvalue weighted by molar-refractivity contribution is -0.152. The number of benzene rings is 1. The Kier molecular flexibility index (Phi) is 7.62. The molecule has 3 aromatic rings. The Morgan fingerprint density at radius 1 is 1.07 bits per heavy atom. The van der Waals surface area contributed by atoms with Crippen molar-refractivity contribution in [1.29, 1.82) is 0 Å². The summed E-state index contributed by atoms with van der Waals surface area (Å²) in [6, 6.07) is 12.7. The van der Waals surface area contributed by atoms with Gasteiger partial charge in [-0.2, -0.15) is 0 Å². The minimum Gasteiger partial charge on any atom is -0.446 e. The third-order valence-electron chi connectivity index (χ3n) is 10.6. The average Bonchev–Trinajstić information content (AvgIpc) is 3.55. The van der Waals surface area contributed by atoms with E-state index in [2.05, 4.69) is 30.7 Å². The van der Waals surface area contributed by atoms with Crippen molar-refractivity contribution in [1.82, 2.24) is 9.97 Å². The van der Waals surface area contributed by atoms with Crippen molar-refractivity contribution in [2.24, 2.45) is 22.7 Å². The third-order valence-corrected chi connectivity index (χ3v) is 11.4. The maximum absolute atomic E-state index is 14.4. The molecule has 6 rings (SSSR count). The first-order chi connectivity index (χ1) is 20.2. The van der Waals surface area contributed by atoms with Crippen LogP contribution in [0, 0.1) is 22.7 Å². The van der Waals surface area contributed by atoms with Crippen LogP contribution < -0.4 is 0 Å². The Morgan fingerprint density at radius 2 is 1.88 bits per heavy atom. The number of carbonyl (C=O) groups excluding carboxylic acids is 3. The molecular formula is C34H38N2O5S. The predicted molar refractivity (Wildman–Crippen MR) is 161 cm³/mol. The van der Waals surface area contributed by atoms with Crippen molar-refractivity contribution in [3.8, 4) is 0 Å². The summed E-state index contributed by atoms with van der Waals surface area (Å²) in [6.45, 7) is 6.56. The zero-order chi connectivity index (χ0) is 29.5. The van der Waals surface area contributed by atoms with E-state index >= 15 is 0 Å². The zero-order valence-corrected chi connectivity index (χ0v) is 25.4. The number of fused-ring (bicyclic) bond motifs is 2. The van der Waals surface area contributed by atoms with Crippen molar-refractivity contribution in [3.05, 3.63) is 66.0 Å². The molecule has 2 aromatic heterocycles. The second-order valence-corrected chi connectivity index (χ2v) is 13.6. The van der Waals surface area contributed by atoms with Gasteiger partial charge in [0.05, 0.1) is 5.75 Å². The standard InChI is InChI=1S/C34H38N2O5S/c1-4-33(3)25(22-12-13-23-19-24(37)14-16-32(23,2)20-22)15-17-34(33,41-30(39)27-10-7-8-18-35-27)29(38)21-42-31-36-26-9-5-6-11-28(26)40-31/h5-11,18-19,22,25H,4,12-17,20-21H2,1-3H3/t22?,25?,32?,33?,34-/m0/s1. The molecule has 2 fully saturated rings. The molecular weight excluding hydrogens is 548 g/mol. The molecule has 5 atom stereocenters. The Hall–Kier alpha value is -3.26. The van der Waals surface area contributed by atoms with Crippen LogP contribution in [0.1, 0.15) is 82.6 Å². The number of pyridine rings is 1. The van der Waals surface area contributed by atoms with Crippen molar-refractivity contribution < 1.29 is 23.5 Å². The zero-order valence-electron chi connectivity index (χ0n) is 24.6. The molecule has 0 bridgehead atoms. The lowest BCUT2D eigenvalue weighted by Gasteiger charge is -2.50. The molecule has 0 amide bonds. The number of oxazole rings is 1. The van der Waals surface area contributed by atoms with Gasteiger partial charge >= 0.3 is 5.97 Å². The summed E-state index contributed by atoms with van der Waals surface area (Å²) >= 11 is 1.25. The van der Waals surface area contributed by atoms with E-state index < -0.39 is 17.0 Å². The maximum Gasteiger partial charge on any atom is 0.357 e. The Bertz CT molecular complexity index is 1520. The van der Waals surface area contributed by atoms with E-state index in [9.17, 15) is 14.4 Å². The molecule has 3 aliphatic rings. The Morgan fingerprint density at radius 3 is 2.64 bits per heavy atom. The number of thioether (sulfide) groups is 1. The Balaban J connectivity index is 1.31. The van der Waals surface area contributed by atoms with Crippen LogP contribution in [0.25, 0.3) is 11.1 Å². The van der Waals surface area contributed by atoms with E-state index in [0.29, 0.717) is 36.0 Å². The number of ketones is 2. The van der Waals surface area contributed by atoms with Crippen LogP contribution in [-0.4, -0.2) is 38.9 Å². The molecule has 1 aromatic carbocycles. The number of hydrogen-bond donors (Lipinski definition) is 0. The highest BCUT2D eigenvalue weighted by molar-refractivity contribution is 7.99. The molecule has 42 heavy (non-hydrogen) atoms. The molecule has 3 aliphatic carbocycles. The average molecular weight is 587 g/mol. The summed E-state index contributed by atoms with van der Waals surface area (Å²) in [5, 5.41) is 0.426. The first kappa shape index (κ1) is 28.8. The smallest absolute Gasteiger partial charge is 0.357 e. The molecule has 0 N–H and O–H groups in total. The maximum atomic E-state index is 14.4. The molecule has 4 unspecified atom stereocenters. The topological polar surface area (TPSA) is 99.4 Å². The van der Waals surface area contributed by atoms with Gasteiger partial charge in [-0.1, -0.05) is 56.3 Å². The molecule has 7 nitrogen and oxygen atoms in total. The van der Waals surface area contributed by atoms with E-state index in [4.69, 9.17) is 9.15 Å².